The molecular formula is C16H29N3. The summed E-state index contributed by atoms with van der Waals surface area (Å²) in [5, 5.41) is 8.33. The van der Waals surface area contributed by atoms with Crippen LogP contribution in [-0.2, 0) is 20.0 Å². The molecule has 1 aromatic rings. The Morgan fingerprint density at radius 3 is 2.79 bits per heavy atom. The van der Waals surface area contributed by atoms with E-state index in [0.717, 1.165) is 24.8 Å². The van der Waals surface area contributed by atoms with Crippen LogP contribution in [0.3, 0.4) is 0 Å². The van der Waals surface area contributed by atoms with Crippen molar-refractivity contribution in [3.63, 3.8) is 0 Å². The van der Waals surface area contributed by atoms with Crippen LogP contribution in [-0.4, -0.2) is 15.8 Å². The minimum Gasteiger partial charge on any atom is -0.310 e. The molecule has 2 rings (SSSR count). The van der Waals surface area contributed by atoms with Crippen LogP contribution in [0.25, 0.3) is 0 Å². The summed E-state index contributed by atoms with van der Waals surface area (Å²) in [5.41, 5.74) is 2.62. The molecule has 1 saturated carbocycles. The van der Waals surface area contributed by atoms with Gasteiger partial charge in [-0.15, -0.1) is 0 Å². The van der Waals surface area contributed by atoms with Gasteiger partial charge in [-0.2, -0.15) is 5.10 Å². The molecule has 1 N–H and O–H groups in total. The van der Waals surface area contributed by atoms with E-state index in [1.54, 1.807) is 0 Å². The van der Waals surface area contributed by atoms with Gasteiger partial charge in [-0.25, -0.2) is 0 Å². The first-order chi connectivity index (χ1) is 9.11. The molecule has 0 spiro atoms. The SMILES string of the molecule is CCc1nn(C)cc1CNC1CCCCC1C(C)C. The van der Waals surface area contributed by atoms with Crippen LogP contribution in [0.15, 0.2) is 6.20 Å². The highest BCUT2D eigenvalue weighted by molar-refractivity contribution is 5.16. The van der Waals surface area contributed by atoms with Crippen molar-refractivity contribution in [3.05, 3.63) is 17.5 Å². The van der Waals surface area contributed by atoms with Gasteiger partial charge in [-0.3, -0.25) is 4.68 Å². The van der Waals surface area contributed by atoms with Gasteiger partial charge in [0.25, 0.3) is 0 Å². The summed E-state index contributed by atoms with van der Waals surface area (Å²) in [4.78, 5) is 0. The molecule has 3 heteroatoms. The number of nitrogens with zero attached hydrogens (tertiary/aromatic N) is 2. The van der Waals surface area contributed by atoms with Crippen molar-refractivity contribution in [1.82, 2.24) is 15.1 Å². The zero-order chi connectivity index (χ0) is 13.8. The fraction of sp³-hybridized carbons (Fsp3) is 0.812. The Hall–Kier alpha value is -0.830. The van der Waals surface area contributed by atoms with Crippen LogP contribution >= 0.6 is 0 Å². The fourth-order valence-corrected chi connectivity index (χ4v) is 3.48. The molecule has 0 amide bonds. The van der Waals surface area contributed by atoms with E-state index < -0.39 is 0 Å². The molecule has 1 fully saturated rings. The van der Waals surface area contributed by atoms with E-state index in [1.807, 2.05) is 11.7 Å². The highest BCUT2D eigenvalue weighted by Crippen LogP contribution is 2.30. The van der Waals surface area contributed by atoms with Gasteiger partial charge in [-0.05, 0) is 31.1 Å². The molecule has 1 aliphatic rings. The van der Waals surface area contributed by atoms with Crippen LogP contribution in [0.5, 0.6) is 0 Å². The molecule has 1 aromatic heterocycles. The third-order valence-electron chi connectivity index (χ3n) is 4.56. The van der Waals surface area contributed by atoms with Crippen molar-refractivity contribution in [2.24, 2.45) is 18.9 Å². The Kier molecular flexibility index (Phi) is 5.03. The maximum atomic E-state index is 4.52. The second-order valence-electron chi connectivity index (χ2n) is 6.31. The Morgan fingerprint density at radius 1 is 1.37 bits per heavy atom. The Labute approximate surface area is 117 Å². The lowest BCUT2D eigenvalue weighted by Gasteiger charge is -2.35. The number of aryl methyl sites for hydroxylation is 2. The van der Waals surface area contributed by atoms with Crippen molar-refractivity contribution < 1.29 is 0 Å². The van der Waals surface area contributed by atoms with Gasteiger partial charge in [0.05, 0.1) is 5.69 Å². The highest BCUT2D eigenvalue weighted by atomic mass is 15.3. The van der Waals surface area contributed by atoms with E-state index in [9.17, 15) is 0 Å². The highest BCUT2D eigenvalue weighted by Gasteiger charge is 2.27. The smallest absolute Gasteiger partial charge is 0.0666 e. The van der Waals surface area contributed by atoms with Crippen LogP contribution in [0.2, 0.25) is 0 Å². The van der Waals surface area contributed by atoms with Gasteiger partial charge in [0, 0.05) is 31.4 Å². The van der Waals surface area contributed by atoms with Gasteiger partial charge in [0.2, 0.25) is 0 Å². The van der Waals surface area contributed by atoms with Crippen LogP contribution in [0.4, 0.5) is 0 Å². The Bertz CT molecular complexity index is 395. The molecule has 2 atom stereocenters. The minimum atomic E-state index is 0.693. The topological polar surface area (TPSA) is 29.9 Å². The maximum absolute atomic E-state index is 4.52. The molecule has 0 bridgehead atoms. The number of hydrogen-bond donors (Lipinski definition) is 1. The second kappa shape index (κ2) is 6.56. The van der Waals surface area contributed by atoms with E-state index in [2.05, 4.69) is 37.4 Å². The van der Waals surface area contributed by atoms with E-state index in [1.165, 1.54) is 36.9 Å². The summed E-state index contributed by atoms with van der Waals surface area (Å²) in [5.74, 6) is 1.63. The largest absolute Gasteiger partial charge is 0.310 e. The van der Waals surface area contributed by atoms with E-state index in [0.29, 0.717) is 6.04 Å². The van der Waals surface area contributed by atoms with Crippen LogP contribution in [0, 0.1) is 11.8 Å². The van der Waals surface area contributed by atoms with Crippen LogP contribution < -0.4 is 5.32 Å². The molecule has 3 nitrogen and oxygen atoms in total. The fourth-order valence-electron chi connectivity index (χ4n) is 3.48. The molecule has 2 unspecified atom stereocenters. The Morgan fingerprint density at radius 2 is 2.11 bits per heavy atom. The molecule has 1 aliphatic carbocycles. The molecular weight excluding hydrogens is 234 g/mol. The number of hydrogen-bond acceptors (Lipinski definition) is 2. The summed E-state index contributed by atoms with van der Waals surface area (Å²) in [6, 6.07) is 0.693. The zero-order valence-corrected chi connectivity index (χ0v) is 12.9. The lowest BCUT2D eigenvalue weighted by Crippen LogP contribution is -2.40. The number of aromatic nitrogens is 2. The van der Waals surface area contributed by atoms with E-state index >= 15 is 0 Å². The summed E-state index contributed by atoms with van der Waals surface area (Å²) >= 11 is 0. The van der Waals surface area contributed by atoms with Crippen molar-refractivity contribution in [2.75, 3.05) is 0 Å². The van der Waals surface area contributed by atoms with E-state index in [-0.39, 0.29) is 0 Å². The lowest BCUT2D eigenvalue weighted by molar-refractivity contribution is 0.204. The average Bonchev–Trinajstić information content (AvgIpc) is 2.77. The van der Waals surface area contributed by atoms with Gasteiger partial charge < -0.3 is 5.32 Å². The van der Waals surface area contributed by atoms with Crippen molar-refractivity contribution in [3.8, 4) is 0 Å². The molecule has 19 heavy (non-hydrogen) atoms. The molecule has 0 radical (unpaired) electrons. The van der Waals surface area contributed by atoms with Gasteiger partial charge in [-0.1, -0.05) is 33.6 Å². The molecule has 0 aromatic carbocycles. The second-order valence-corrected chi connectivity index (χ2v) is 6.31. The molecule has 1 heterocycles. The summed E-state index contributed by atoms with van der Waals surface area (Å²) in [6.45, 7) is 7.90. The first kappa shape index (κ1) is 14.6. The predicted molar refractivity (Wildman–Crippen MR) is 80.0 cm³/mol. The first-order valence-corrected chi connectivity index (χ1v) is 7.86. The minimum absolute atomic E-state index is 0.693. The number of rotatable bonds is 5. The van der Waals surface area contributed by atoms with Gasteiger partial charge >= 0.3 is 0 Å². The maximum Gasteiger partial charge on any atom is 0.0666 e. The monoisotopic (exact) mass is 263 g/mol. The summed E-state index contributed by atoms with van der Waals surface area (Å²) in [6.07, 6.45) is 8.71. The molecule has 0 aliphatic heterocycles. The molecule has 0 saturated heterocycles. The lowest BCUT2D eigenvalue weighted by atomic mass is 9.78. The molecule has 108 valence electrons. The standard InChI is InChI=1S/C16H29N3/c1-5-15-13(11-19(4)18-15)10-17-16-9-7-6-8-14(16)12(2)3/h11-12,14,16-17H,5-10H2,1-4H3. The van der Waals surface area contributed by atoms with Crippen LogP contribution in [0.1, 0.15) is 57.7 Å². The normalized spacial score (nSPS) is 24.1. The third-order valence-corrected chi connectivity index (χ3v) is 4.56. The van der Waals surface area contributed by atoms with Gasteiger partial charge in [0.1, 0.15) is 0 Å². The zero-order valence-electron chi connectivity index (χ0n) is 12.9. The van der Waals surface area contributed by atoms with Gasteiger partial charge in [0.15, 0.2) is 0 Å². The summed E-state index contributed by atoms with van der Waals surface area (Å²) < 4.78 is 1.94. The summed E-state index contributed by atoms with van der Waals surface area (Å²) in [7, 11) is 2.01. The number of nitrogens with one attached hydrogen (secondary N) is 1. The third kappa shape index (κ3) is 3.59. The van der Waals surface area contributed by atoms with Crippen molar-refractivity contribution in [1.29, 1.82) is 0 Å². The van der Waals surface area contributed by atoms with Crippen molar-refractivity contribution >= 4 is 0 Å². The quantitative estimate of drug-likeness (QED) is 0.883. The van der Waals surface area contributed by atoms with E-state index in [4.69, 9.17) is 0 Å². The first-order valence-electron chi connectivity index (χ1n) is 7.86. The average molecular weight is 263 g/mol. The Balaban J connectivity index is 1.96. The van der Waals surface area contributed by atoms with Crippen molar-refractivity contribution in [2.45, 2.75) is 65.5 Å². The predicted octanol–water partition coefficient (Wildman–Crippen LogP) is 3.29.